The normalized spacial score (nSPS) is 12.2. The fourth-order valence-electron chi connectivity index (χ4n) is 2.20. The highest BCUT2D eigenvalue weighted by Gasteiger charge is 2.21. The summed E-state index contributed by atoms with van der Waals surface area (Å²) in [5, 5.41) is 10.7. The van der Waals surface area contributed by atoms with Gasteiger partial charge in [-0.25, -0.2) is 4.79 Å². The Morgan fingerprint density at radius 2 is 1.64 bits per heavy atom. The number of aliphatic hydroxyl groups is 1. The van der Waals surface area contributed by atoms with Gasteiger partial charge in [0.15, 0.2) is 0 Å². The Morgan fingerprint density at radius 3 is 2.14 bits per heavy atom. The highest BCUT2D eigenvalue weighted by atomic mass is 16.7. The summed E-state index contributed by atoms with van der Waals surface area (Å²) in [6.45, 7) is 4.49. The molecule has 1 N–H and O–H groups in total. The standard InChI is InChI=1S/C18H32O4/c1-4-6-9-13-18(20,14-10-7-5-2)15-11-8-12-16-22-17(19)21-3/h8,11-12,15,20H,4-7,9-10,13-14,16H2,1-3H3/b12-8-,15-11-. The van der Waals surface area contributed by atoms with Crippen molar-refractivity contribution in [2.24, 2.45) is 0 Å². The second-order valence-corrected chi connectivity index (χ2v) is 5.57. The van der Waals surface area contributed by atoms with E-state index in [0.717, 1.165) is 51.4 Å². The average molecular weight is 312 g/mol. The molecule has 0 bridgehead atoms. The molecule has 0 atom stereocenters. The topological polar surface area (TPSA) is 55.8 Å². The van der Waals surface area contributed by atoms with Crippen LogP contribution in [-0.4, -0.2) is 30.6 Å². The Labute approximate surface area is 135 Å². The van der Waals surface area contributed by atoms with Crippen molar-refractivity contribution in [3.05, 3.63) is 24.3 Å². The molecule has 0 aliphatic heterocycles. The molecule has 0 heterocycles. The third-order valence-corrected chi connectivity index (χ3v) is 3.54. The van der Waals surface area contributed by atoms with Gasteiger partial charge >= 0.3 is 6.16 Å². The van der Waals surface area contributed by atoms with E-state index in [0.29, 0.717) is 0 Å². The number of carbonyl (C=O) groups is 1. The van der Waals surface area contributed by atoms with Crippen LogP contribution in [0.5, 0.6) is 0 Å². The number of allylic oxidation sites excluding steroid dienone is 2. The molecule has 0 spiro atoms. The number of hydrogen-bond acceptors (Lipinski definition) is 4. The summed E-state index contributed by atoms with van der Waals surface area (Å²) < 4.78 is 9.11. The van der Waals surface area contributed by atoms with Crippen LogP contribution >= 0.6 is 0 Å². The van der Waals surface area contributed by atoms with E-state index in [4.69, 9.17) is 4.74 Å². The summed E-state index contributed by atoms with van der Waals surface area (Å²) in [7, 11) is 1.28. The molecule has 0 aromatic carbocycles. The van der Waals surface area contributed by atoms with E-state index in [-0.39, 0.29) is 6.61 Å². The van der Waals surface area contributed by atoms with Gasteiger partial charge in [-0.15, -0.1) is 0 Å². The molecule has 4 heteroatoms. The molecule has 0 aliphatic rings. The third kappa shape index (κ3) is 11.4. The van der Waals surface area contributed by atoms with Crippen LogP contribution in [0, 0.1) is 0 Å². The van der Waals surface area contributed by atoms with E-state index in [2.05, 4.69) is 18.6 Å². The van der Waals surface area contributed by atoms with Gasteiger partial charge in [0.05, 0.1) is 12.7 Å². The Kier molecular flexibility index (Phi) is 12.6. The third-order valence-electron chi connectivity index (χ3n) is 3.54. The van der Waals surface area contributed by atoms with Crippen LogP contribution in [-0.2, 0) is 9.47 Å². The monoisotopic (exact) mass is 312 g/mol. The molecule has 0 amide bonds. The lowest BCUT2D eigenvalue weighted by atomic mass is 9.89. The molecule has 0 saturated carbocycles. The van der Waals surface area contributed by atoms with Gasteiger partial charge in [0.25, 0.3) is 0 Å². The number of methoxy groups -OCH3 is 1. The predicted octanol–water partition coefficient (Wildman–Crippen LogP) is 4.77. The first-order chi connectivity index (χ1) is 10.6. The predicted molar refractivity (Wildman–Crippen MR) is 89.9 cm³/mol. The summed E-state index contributed by atoms with van der Waals surface area (Å²) >= 11 is 0. The van der Waals surface area contributed by atoms with Crippen LogP contribution in [0.4, 0.5) is 4.79 Å². The highest BCUT2D eigenvalue weighted by Crippen LogP contribution is 2.24. The van der Waals surface area contributed by atoms with E-state index in [1.54, 1.807) is 12.2 Å². The van der Waals surface area contributed by atoms with Gasteiger partial charge in [-0.05, 0) is 18.9 Å². The lowest BCUT2D eigenvalue weighted by molar-refractivity contribution is 0.0665. The molecule has 22 heavy (non-hydrogen) atoms. The number of rotatable bonds is 12. The molecule has 0 fully saturated rings. The summed E-state index contributed by atoms with van der Waals surface area (Å²) in [6.07, 6.45) is 14.8. The van der Waals surface area contributed by atoms with Crippen molar-refractivity contribution in [2.45, 2.75) is 70.8 Å². The molecule has 0 saturated heterocycles. The number of hydrogen-bond donors (Lipinski definition) is 1. The van der Waals surface area contributed by atoms with Crippen LogP contribution in [0.1, 0.15) is 65.2 Å². The zero-order valence-corrected chi connectivity index (χ0v) is 14.3. The first kappa shape index (κ1) is 20.7. The smallest absolute Gasteiger partial charge is 0.438 e. The summed E-state index contributed by atoms with van der Waals surface area (Å²) in [5.74, 6) is 0. The van der Waals surface area contributed by atoms with E-state index >= 15 is 0 Å². The van der Waals surface area contributed by atoms with Crippen molar-refractivity contribution >= 4 is 6.16 Å². The van der Waals surface area contributed by atoms with Gasteiger partial charge in [-0.1, -0.05) is 70.6 Å². The van der Waals surface area contributed by atoms with E-state index < -0.39 is 11.8 Å². The van der Waals surface area contributed by atoms with Crippen molar-refractivity contribution in [2.75, 3.05) is 13.7 Å². The number of ether oxygens (including phenoxy) is 2. The van der Waals surface area contributed by atoms with Crippen LogP contribution in [0.3, 0.4) is 0 Å². The lowest BCUT2D eigenvalue weighted by Crippen LogP contribution is -2.25. The Bertz CT molecular complexity index is 324. The molecule has 128 valence electrons. The Balaban J connectivity index is 4.31. The summed E-state index contributed by atoms with van der Waals surface area (Å²) in [4.78, 5) is 10.8. The largest absolute Gasteiger partial charge is 0.508 e. The first-order valence-corrected chi connectivity index (χ1v) is 8.35. The fourth-order valence-corrected chi connectivity index (χ4v) is 2.20. The lowest BCUT2D eigenvalue weighted by Gasteiger charge is -2.24. The maximum atomic E-state index is 10.8. The second-order valence-electron chi connectivity index (χ2n) is 5.57. The van der Waals surface area contributed by atoms with Gasteiger partial charge in [0, 0.05) is 0 Å². The molecular formula is C18H32O4. The molecule has 0 rings (SSSR count). The van der Waals surface area contributed by atoms with Crippen molar-refractivity contribution in [1.82, 2.24) is 0 Å². The molecule has 0 aromatic rings. The van der Waals surface area contributed by atoms with Crippen molar-refractivity contribution in [3.63, 3.8) is 0 Å². The second kappa shape index (κ2) is 13.4. The minimum Gasteiger partial charge on any atom is -0.438 e. The minimum atomic E-state index is -0.724. The number of carbonyl (C=O) groups excluding carboxylic acids is 1. The Morgan fingerprint density at radius 1 is 1.05 bits per heavy atom. The SMILES string of the molecule is CCCCCC(O)(/C=C\C=C/COC(=O)OC)CCCCC. The molecule has 0 radical (unpaired) electrons. The van der Waals surface area contributed by atoms with Crippen molar-refractivity contribution in [1.29, 1.82) is 0 Å². The number of unbranched alkanes of at least 4 members (excludes halogenated alkanes) is 4. The van der Waals surface area contributed by atoms with Gasteiger partial charge in [-0.3, -0.25) is 0 Å². The van der Waals surface area contributed by atoms with Crippen LogP contribution in [0.15, 0.2) is 24.3 Å². The van der Waals surface area contributed by atoms with Gasteiger partial charge < -0.3 is 14.6 Å². The van der Waals surface area contributed by atoms with E-state index in [1.807, 2.05) is 12.2 Å². The van der Waals surface area contributed by atoms with Gasteiger partial charge in [-0.2, -0.15) is 0 Å². The quantitative estimate of drug-likeness (QED) is 0.320. The summed E-state index contributed by atoms with van der Waals surface area (Å²) in [5.41, 5.74) is -0.724. The zero-order chi connectivity index (χ0) is 16.7. The van der Waals surface area contributed by atoms with Crippen molar-refractivity contribution in [3.8, 4) is 0 Å². The fraction of sp³-hybridized carbons (Fsp3) is 0.722. The molecular weight excluding hydrogens is 280 g/mol. The molecule has 4 nitrogen and oxygen atoms in total. The Hall–Kier alpha value is -1.29. The van der Waals surface area contributed by atoms with Crippen LogP contribution < -0.4 is 0 Å². The molecule has 0 aliphatic carbocycles. The maximum Gasteiger partial charge on any atom is 0.508 e. The summed E-state index contributed by atoms with van der Waals surface area (Å²) in [6, 6.07) is 0. The first-order valence-electron chi connectivity index (χ1n) is 8.35. The molecule has 0 unspecified atom stereocenters. The van der Waals surface area contributed by atoms with E-state index in [9.17, 15) is 9.90 Å². The van der Waals surface area contributed by atoms with Crippen LogP contribution in [0.25, 0.3) is 0 Å². The zero-order valence-electron chi connectivity index (χ0n) is 14.3. The average Bonchev–Trinajstić information content (AvgIpc) is 2.51. The molecule has 0 aromatic heterocycles. The van der Waals surface area contributed by atoms with Gasteiger partial charge in [0.1, 0.15) is 6.61 Å². The minimum absolute atomic E-state index is 0.168. The van der Waals surface area contributed by atoms with Crippen molar-refractivity contribution < 1.29 is 19.4 Å². The van der Waals surface area contributed by atoms with Crippen LogP contribution in [0.2, 0.25) is 0 Å². The van der Waals surface area contributed by atoms with Gasteiger partial charge in [0.2, 0.25) is 0 Å². The maximum absolute atomic E-state index is 10.8. The highest BCUT2D eigenvalue weighted by molar-refractivity contribution is 5.59. The van der Waals surface area contributed by atoms with E-state index in [1.165, 1.54) is 7.11 Å².